The minimum absolute atomic E-state index is 0.0210. The lowest BCUT2D eigenvalue weighted by molar-refractivity contribution is 0.281. The average molecular weight is 311 g/mol. The first kappa shape index (κ1) is 16.5. The molecule has 7 heteroatoms. The molecule has 118 valence electrons. The van der Waals surface area contributed by atoms with Crippen LogP contribution < -0.4 is 4.90 Å². The van der Waals surface area contributed by atoms with E-state index in [4.69, 9.17) is 15.5 Å². The largest absolute Gasteiger partial charge is 0.395 e. The van der Waals surface area contributed by atoms with Crippen molar-refractivity contribution in [3.63, 3.8) is 0 Å². The standard InChI is InChI=1S/C16H17N5O2/c17-11-14-1-2-15(12-18-14)20-19-13-3-5-16(6-4-13)21(7-9-22)8-10-23/h1-6,12,22-23H,7-10H2. The Bertz CT molecular complexity index is 671. The molecule has 1 aromatic carbocycles. The summed E-state index contributed by atoms with van der Waals surface area (Å²) < 4.78 is 0. The molecule has 0 saturated carbocycles. The molecule has 0 spiro atoms. The van der Waals surface area contributed by atoms with Crippen LogP contribution in [0.5, 0.6) is 0 Å². The molecule has 0 unspecified atom stereocenters. The van der Waals surface area contributed by atoms with Crippen LogP contribution in [0.3, 0.4) is 0 Å². The summed E-state index contributed by atoms with van der Waals surface area (Å²) in [6.45, 7) is 0.955. The van der Waals surface area contributed by atoms with Gasteiger partial charge in [0.2, 0.25) is 0 Å². The number of anilines is 1. The van der Waals surface area contributed by atoms with Crippen LogP contribution in [0.15, 0.2) is 52.8 Å². The van der Waals surface area contributed by atoms with Gasteiger partial charge in [-0.1, -0.05) is 0 Å². The Hall–Kier alpha value is -2.82. The van der Waals surface area contributed by atoms with E-state index in [0.717, 1.165) is 5.69 Å². The maximum Gasteiger partial charge on any atom is 0.140 e. The summed E-state index contributed by atoms with van der Waals surface area (Å²) in [5.41, 5.74) is 2.47. The highest BCUT2D eigenvalue weighted by Gasteiger charge is 2.04. The molecule has 0 amide bonds. The van der Waals surface area contributed by atoms with Crippen LogP contribution in [0.25, 0.3) is 0 Å². The zero-order valence-corrected chi connectivity index (χ0v) is 12.5. The van der Waals surface area contributed by atoms with Gasteiger partial charge >= 0.3 is 0 Å². The smallest absolute Gasteiger partial charge is 0.140 e. The van der Waals surface area contributed by atoms with Crippen LogP contribution in [0.1, 0.15) is 5.69 Å². The van der Waals surface area contributed by atoms with Gasteiger partial charge in [-0.3, -0.25) is 0 Å². The van der Waals surface area contributed by atoms with Gasteiger partial charge in [-0.15, -0.1) is 5.11 Å². The van der Waals surface area contributed by atoms with E-state index in [1.54, 1.807) is 24.3 Å². The van der Waals surface area contributed by atoms with E-state index in [9.17, 15) is 0 Å². The number of nitrogens with zero attached hydrogens (tertiary/aromatic N) is 5. The summed E-state index contributed by atoms with van der Waals surface area (Å²) in [7, 11) is 0. The zero-order chi connectivity index (χ0) is 16.5. The van der Waals surface area contributed by atoms with Gasteiger partial charge in [-0.2, -0.15) is 10.4 Å². The molecule has 23 heavy (non-hydrogen) atoms. The van der Waals surface area contributed by atoms with E-state index in [-0.39, 0.29) is 13.2 Å². The molecule has 2 rings (SSSR count). The van der Waals surface area contributed by atoms with Crippen molar-refractivity contribution >= 4 is 17.1 Å². The van der Waals surface area contributed by atoms with Crippen LogP contribution in [-0.4, -0.2) is 41.5 Å². The Morgan fingerprint density at radius 3 is 2.09 bits per heavy atom. The topological polar surface area (TPSA) is 105 Å². The molecule has 7 nitrogen and oxygen atoms in total. The van der Waals surface area contributed by atoms with Gasteiger partial charge in [0.15, 0.2) is 0 Å². The molecule has 0 aliphatic carbocycles. The van der Waals surface area contributed by atoms with Crippen LogP contribution in [0, 0.1) is 11.3 Å². The predicted molar refractivity (Wildman–Crippen MR) is 86.0 cm³/mol. The SMILES string of the molecule is N#Cc1ccc(N=Nc2ccc(N(CCO)CCO)cc2)cn1. The Kier molecular flexibility index (Phi) is 6.17. The number of aliphatic hydroxyl groups excluding tert-OH is 2. The second-order valence-corrected chi connectivity index (χ2v) is 4.66. The number of rotatable bonds is 7. The Labute approximate surface area is 134 Å². The van der Waals surface area contributed by atoms with Gasteiger partial charge in [0.1, 0.15) is 17.5 Å². The minimum Gasteiger partial charge on any atom is -0.395 e. The number of aromatic nitrogens is 1. The lowest BCUT2D eigenvalue weighted by Gasteiger charge is -2.22. The van der Waals surface area contributed by atoms with Gasteiger partial charge in [-0.25, -0.2) is 4.98 Å². The predicted octanol–water partition coefficient (Wildman–Crippen LogP) is 2.16. The number of azo groups is 1. The van der Waals surface area contributed by atoms with Crippen molar-refractivity contribution in [1.82, 2.24) is 4.98 Å². The van der Waals surface area contributed by atoms with Crippen LogP contribution >= 0.6 is 0 Å². The third kappa shape index (κ3) is 4.85. The van der Waals surface area contributed by atoms with E-state index in [1.165, 1.54) is 6.20 Å². The third-order valence-electron chi connectivity index (χ3n) is 3.10. The molecule has 1 heterocycles. The lowest BCUT2D eigenvalue weighted by atomic mass is 10.2. The first-order valence-corrected chi connectivity index (χ1v) is 7.11. The molecule has 0 aliphatic rings. The van der Waals surface area contributed by atoms with Gasteiger partial charge in [0.05, 0.1) is 25.1 Å². The lowest BCUT2D eigenvalue weighted by Crippen LogP contribution is -2.29. The molecule has 0 aliphatic heterocycles. The normalized spacial score (nSPS) is 10.7. The van der Waals surface area contributed by atoms with Gasteiger partial charge in [0, 0.05) is 18.8 Å². The maximum absolute atomic E-state index is 9.04. The summed E-state index contributed by atoms with van der Waals surface area (Å²) in [4.78, 5) is 5.80. The zero-order valence-electron chi connectivity index (χ0n) is 12.5. The van der Waals surface area contributed by atoms with Crippen molar-refractivity contribution in [2.24, 2.45) is 10.2 Å². The van der Waals surface area contributed by atoms with Gasteiger partial charge < -0.3 is 15.1 Å². The van der Waals surface area contributed by atoms with E-state index in [0.29, 0.717) is 30.2 Å². The van der Waals surface area contributed by atoms with E-state index in [1.807, 2.05) is 23.1 Å². The minimum atomic E-state index is 0.0210. The second kappa shape index (κ2) is 8.58. The summed E-state index contributed by atoms with van der Waals surface area (Å²) in [6.07, 6.45) is 1.49. The van der Waals surface area contributed by atoms with Crippen molar-refractivity contribution < 1.29 is 10.2 Å². The molecule has 0 saturated heterocycles. The van der Waals surface area contributed by atoms with Crippen molar-refractivity contribution in [3.05, 3.63) is 48.3 Å². The maximum atomic E-state index is 9.04. The number of benzene rings is 1. The highest BCUT2D eigenvalue weighted by atomic mass is 16.3. The Morgan fingerprint density at radius 1 is 0.957 bits per heavy atom. The number of aliphatic hydroxyl groups is 2. The second-order valence-electron chi connectivity index (χ2n) is 4.66. The monoisotopic (exact) mass is 311 g/mol. The first-order valence-electron chi connectivity index (χ1n) is 7.11. The van der Waals surface area contributed by atoms with Crippen LogP contribution in [0.2, 0.25) is 0 Å². The number of pyridine rings is 1. The molecule has 2 N–H and O–H groups in total. The molecular formula is C16H17N5O2. The molecular weight excluding hydrogens is 294 g/mol. The van der Waals surface area contributed by atoms with Crippen molar-refractivity contribution in [1.29, 1.82) is 5.26 Å². The quantitative estimate of drug-likeness (QED) is 0.762. The number of nitriles is 1. The van der Waals surface area contributed by atoms with E-state index in [2.05, 4.69) is 15.2 Å². The molecule has 0 radical (unpaired) electrons. The Balaban J connectivity index is 2.06. The number of hydrogen-bond acceptors (Lipinski definition) is 7. The summed E-state index contributed by atoms with van der Waals surface area (Å²) in [5, 5.41) is 34.9. The van der Waals surface area contributed by atoms with Gasteiger partial charge in [-0.05, 0) is 36.4 Å². The summed E-state index contributed by atoms with van der Waals surface area (Å²) in [6, 6.07) is 12.5. The molecule has 0 fully saturated rings. The van der Waals surface area contributed by atoms with Crippen molar-refractivity contribution in [2.75, 3.05) is 31.2 Å². The average Bonchev–Trinajstić information content (AvgIpc) is 2.61. The molecule has 0 atom stereocenters. The number of hydrogen-bond donors (Lipinski definition) is 2. The summed E-state index contributed by atoms with van der Waals surface area (Å²) in [5.74, 6) is 0. The molecule has 0 bridgehead atoms. The molecule has 2 aromatic rings. The fourth-order valence-corrected chi connectivity index (χ4v) is 1.97. The highest BCUT2D eigenvalue weighted by Crippen LogP contribution is 2.22. The van der Waals surface area contributed by atoms with Crippen LogP contribution in [0.4, 0.5) is 17.1 Å². The van der Waals surface area contributed by atoms with Crippen molar-refractivity contribution in [3.8, 4) is 6.07 Å². The van der Waals surface area contributed by atoms with Gasteiger partial charge in [0.25, 0.3) is 0 Å². The fraction of sp³-hybridized carbons (Fsp3) is 0.250. The highest BCUT2D eigenvalue weighted by molar-refractivity contribution is 5.53. The van der Waals surface area contributed by atoms with E-state index >= 15 is 0 Å². The fourth-order valence-electron chi connectivity index (χ4n) is 1.97. The molecule has 1 aromatic heterocycles. The Morgan fingerprint density at radius 2 is 1.57 bits per heavy atom. The third-order valence-corrected chi connectivity index (χ3v) is 3.10. The summed E-state index contributed by atoms with van der Waals surface area (Å²) >= 11 is 0. The van der Waals surface area contributed by atoms with Crippen molar-refractivity contribution in [2.45, 2.75) is 0 Å². The van der Waals surface area contributed by atoms with Crippen LogP contribution in [-0.2, 0) is 0 Å². The van der Waals surface area contributed by atoms with E-state index < -0.39 is 0 Å². The first-order chi connectivity index (χ1) is 11.3.